The molecule has 3 nitrogen and oxygen atoms in total. The van der Waals surface area contributed by atoms with E-state index in [-0.39, 0.29) is 5.92 Å². The molecule has 0 amide bonds. The Balaban J connectivity index is 2.95. The van der Waals surface area contributed by atoms with Gasteiger partial charge in [-0.15, -0.1) is 0 Å². The molecule has 0 spiro atoms. The largest absolute Gasteiger partial charge is 0.481 e. The van der Waals surface area contributed by atoms with Crippen LogP contribution in [0, 0.1) is 12.8 Å². The average Bonchev–Trinajstić information content (AvgIpc) is 2.34. The van der Waals surface area contributed by atoms with Crippen molar-refractivity contribution in [2.45, 2.75) is 26.7 Å². The van der Waals surface area contributed by atoms with Crippen LogP contribution in [0.5, 0.6) is 0 Å². The standard InChI is InChI=1S/C10H14O3/c1-6(2)9(10(11)12)8-5-4-7(3)13-8/h4-6,9H,1-3H3,(H,11,12). The van der Waals surface area contributed by atoms with Crippen molar-refractivity contribution in [3.63, 3.8) is 0 Å². The highest BCUT2D eigenvalue weighted by atomic mass is 16.4. The smallest absolute Gasteiger partial charge is 0.314 e. The Labute approximate surface area is 77.4 Å². The van der Waals surface area contributed by atoms with Gasteiger partial charge in [0, 0.05) is 0 Å². The SMILES string of the molecule is Cc1ccc(C(C(=O)O)C(C)C)o1. The molecule has 0 aliphatic carbocycles. The van der Waals surface area contributed by atoms with Crippen molar-refractivity contribution in [1.82, 2.24) is 0 Å². The lowest BCUT2D eigenvalue weighted by molar-refractivity contribution is -0.140. The van der Waals surface area contributed by atoms with Crippen molar-refractivity contribution in [3.8, 4) is 0 Å². The molecule has 1 rings (SSSR count). The first-order chi connectivity index (χ1) is 6.02. The van der Waals surface area contributed by atoms with Crippen molar-refractivity contribution in [2.75, 3.05) is 0 Å². The van der Waals surface area contributed by atoms with Crippen LogP contribution in [0.4, 0.5) is 0 Å². The molecule has 1 aromatic rings. The number of aryl methyl sites for hydroxylation is 1. The van der Waals surface area contributed by atoms with Crippen LogP contribution in [0.15, 0.2) is 16.5 Å². The first kappa shape index (κ1) is 9.84. The molecule has 0 bridgehead atoms. The Bertz CT molecular complexity index is 299. The minimum Gasteiger partial charge on any atom is -0.481 e. The van der Waals surface area contributed by atoms with Gasteiger partial charge in [-0.05, 0) is 25.0 Å². The summed E-state index contributed by atoms with van der Waals surface area (Å²) in [7, 11) is 0. The molecule has 0 fully saturated rings. The predicted molar refractivity (Wildman–Crippen MR) is 48.7 cm³/mol. The summed E-state index contributed by atoms with van der Waals surface area (Å²) in [6.45, 7) is 5.55. The number of hydrogen-bond donors (Lipinski definition) is 1. The highest BCUT2D eigenvalue weighted by Crippen LogP contribution is 2.26. The van der Waals surface area contributed by atoms with Crippen molar-refractivity contribution in [3.05, 3.63) is 23.7 Å². The van der Waals surface area contributed by atoms with Crippen LogP contribution < -0.4 is 0 Å². The second kappa shape index (κ2) is 3.64. The topological polar surface area (TPSA) is 50.4 Å². The minimum atomic E-state index is -0.829. The highest BCUT2D eigenvalue weighted by Gasteiger charge is 2.26. The van der Waals surface area contributed by atoms with E-state index < -0.39 is 11.9 Å². The molecule has 1 aromatic heterocycles. The first-order valence-electron chi connectivity index (χ1n) is 4.31. The molecule has 1 N–H and O–H groups in total. The van der Waals surface area contributed by atoms with Crippen LogP contribution in [0.3, 0.4) is 0 Å². The van der Waals surface area contributed by atoms with E-state index in [1.807, 2.05) is 20.8 Å². The molecule has 0 aliphatic rings. The molecule has 0 aromatic carbocycles. The van der Waals surface area contributed by atoms with Crippen LogP contribution in [-0.2, 0) is 4.79 Å². The zero-order valence-electron chi connectivity index (χ0n) is 8.07. The van der Waals surface area contributed by atoms with Gasteiger partial charge in [0.05, 0.1) is 0 Å². The maximum Gasteiger partial charge on any atom is 0.314 e. The molecule has 0 aliphatic heterocycles. The van der Waals surface area contributed by atoms with Gasteiger partial charge in [0.2, 0.25) is 0 Å². The molecular formula is C10H14O3. The Morgan fingerprint density at radius 3 is 2.38 bits per heavy atom. The molecule has 0 saturated heterocycles. The summed E-state index contributed by atoms with van der Waals surface area (Å²) in [6, 6.07) is 3.52. The van der Waals surface area contributed by atoms with E-state index in [2.05, 4.69) is 0 Å². The van der Waals surface area contributed by atoms with Crippen molar-refractivity contribution >= 4 is 5.97 Å². The van der Waals surface area contributed by atoms with Crippen LogP contribution >= 0.6 is 0 Å². The molecule has 0 saturated carbocycles. The van der Waals surface area contributed by atoms with E-state index in [1.165, 1.54) is 0 Å². The summed E-state index contributed by atoms with van der Waals surface area (Å²) < 4.78 is 5.29. The van der Waals surface area contributed by atoms with Gasteiger partial charge in [0.15, 0.2) is 0 Å². The molecular weight excluding hydrogens is 168 g/mol. The van der Waals surface area contributed by atoms with Crippen LogP contribution in [0.1, 0.15) is 31.3 Å². The van der Waals surface area contributed by atoms with E-state index in [0.717, 1.165) is 5.76 Å². The van der Waals surface area contributed by atoms with Gasteiger partial charge in [-0.3, -0.25) is 4.79 Å². The Hall–Kier alpha value is -1.25. The zero-order chi connectivity index (χ0) is 10.0. The summed E-state index contributed by atoms with van der Waals surface area (Å²) in [5, 5.41) is 8.95. The van der Waals surface area contributed by atoms with Gasteiger partial charge >= 0.3 is 5.97 Å². The minimum absolute atomic E-state index is 0.0445. The summed E-state index contributed by atoms with van der Waals surface area (Å²) in [4.78, 5) is 10.9. The summed E-state index contributed by atoms with van der Waals surface area (Å²) in [5.74, 6) is -0.0250. The summed E-state index contributed by atoms with van der Waals surface area (Å²) in [5.41, 5.74) is 0. The normalized spacial score (nSPS) is 13.2. The second-order valence-corrected chi connectivity index (χ2v) is 3.51. The fourth-order valence-electron chi connectivity index (χ4n) is 1.36. The fourth-order valence-corrected chi connectivity index (χ4v) is 1.36. The number of rotatable bonds is 3. The van der Waals surface area contributed by atoms with Crippen LogP contribution in [-0.4, -0.2) is 11.1 Å². The van der Waals surface area contributed by atoms with E-state index in [1.54, 1.807) is 12.1 Å². The molecule has 1 unspecified atom stereocenters. The number of carboxylic acids is 1. The summed E-state index contributed by atoms with van der Waals surface area (Å²) in [6.07, 6.45) is 0. The second-order valence-electron chi connectivity index (χ2n) is 3.51. The van der Waals surface area contributed by atoms with Gasteiger partial charge in [-0.2, -0.15) is 0 Å². The van der Waals surface area contributed by atoms with E-state index >= 15 is 0 Å². The maximum atomic E-state index is 10.9. The van der Waals surface area contributed by atoms with Crippen molar-refractivity contribution in [2.24, 2.45) is 5.92 Å². The number of furan rings is 1. The highest BCUT2D eigenvalue weighted by molar-refractivity contribution is 5.75. The zero-order valence-corrected chi connectivity index (χ0v) is 8.07. The lowest BCUT2D eigenvalue weighted by Gasteiger charge is -2.12. The Morgan fingerprint density at radius 1 is 1.46 bits per heavy atom. The maximum absolute atomic E-state index is 10.9. The van der Waals surface area contributed by atoms with Gasteiger partial charge in [-0.1, -0.05) is 13.8 Å². The first-order valence-corrected chi connectivity index (χ1v) is 4.31. The Morgan fingerprint density at radius 2 is 2.08 bits per heavy atom. The third kappa shape index (κ3) is 2.11. The quantitative estimate of drug-likeness (QED) is 0.780. The number of carboxylic acid groups (broad SMARTS) is 1. The van der Waals surface area contributed by atoms with Crippen LogP contribution in [0.2, 0.25) is 0 Å². The number of carbonyl (C=O) groups is 1. The molecule has 3 heteroatoms. The monoisotopic (exact) mass is 182 g/mol. The van der Waals surface area contributed by atoms with Gasteiger partial charge in [0.1, 0.15) is 17.4 Å². The predicted octanol–water partition coefficient (Wildman–Crippen LogP) is 2.41. The van der Waals surface area contributed by atoms with E-state index in [0.29, 0.717) is 5.76 Å². The van der Waals surface area contributed by atoms with Crippen molar-refractivity contribution in [1.29, 1.82) is 0 Å². The number of hydrogen-bond acceptors (Lipinski definition) is 2. The average molecular weight is 182 g/mol. The van der Waals surface area contributed by atoms with E-state index in [9.17, 15) is 4.79 Å². The molecule has 72 valence electrons. The summed E-state index contributed by atoms with van der Waals surface area (Å²) >= 11 is 0. The lowest BCUT2D eigenvalue weighted by atomic mass is 9.94. The molecule has 13 heavy (non-hydrogen) atoms. The molecule has 1 heterocycles. The van der Waals surface area contributed by atoms with Gasteiger partial charge in [-0.25, -0.2) is 0 Å². The fraction of sp³-hybridized carbons (Fsp3) is 0.500. The van der Waals surface area contributed by atoms with Crippen LogP contribution in [0.25, 0.3) is 0 Å². The van der Waals surface area contributed by atoms with Crippen molar-refractivity contribution < 1.29 is 14.3 Å². The number of aliphatic carboxylic acids is 1. The lowest BCUT2D eigenvalue weighted by Crippen LogP contribution is -2.16. The van der Waals surface area contributed by atoms with Gasteiger partial charge in [0.25, 0.3) is 0 Å². The van der Waals surface area contributed by atoms with E-state index in [4.69, 9.17) is 9.52 Å². The third-order valence-corrected chi connectivity index (χ3v) is 2.00. The third-order valence-electron chi connectivity index (χ3n) is 2.00. The molecule has 0 radical (unpaired) electrons. The Kier molecular flexibility index (Phi) is 2.76. The molecule has 1 atom stereocenters. The van der Waals surface area contributed by atoms with Gasteiger partial charge < -0.3 is 9.52 Å².